The van der Waals surface area contributed by atoms with Crippen molar-refractivity contribution in [1.29, 1.82) is 0 Å². The first kappa shape index (κ1) is 24.0. The molecule has 1 amide bonds. The number of benzene rings is 1. The average molecular weight is 425 g/mol. The van der Waals surface area contributed by atoms with Crippen LogP contribution in [0.3, 0.4) is 0 Å². The lowest BCUT2D eigenvalue weighted by molar-refractivity contribution is -0.384. The van der Waals surface area contributed by atoms with Crippen molar-refractivity contribution in [3.63, 3.8) is 0 Å². The van der Waals surface area contributed by atoms with Crippen molar-refractivity contribution in [1.82, 2.24) is 4.90 Å². The summed E-state index contributed by atoms with van der Waals surface area (Å²) in [6.45, 7) is 4.76. The van der Waals surface area contributed by atoms with E-state index in [0.717, 1.165) is 18.6 Å². The predicted molar refractivity (Wildman–Crippen MR) is 102 cm³/mol. The van der Waals surface area contributed by atoms with Gasteiger partial charge in [0.05, 0.1) is 16.0 Å². The molecule has 1 aromatic rings. The zero-order valence-corrected chi connectivity index (χ0v) is 16.5. The third-order valence-corrected chi connectivity index (χ3v) is 4.66. The molecule has 1 aliphatic heterocycles. The van der Waals surface area contributed by atoms with E-state index in [1.54, 1.807) is 16.7 Å². The molecule has 1 atom stereocenters. The Balaban J connectivity index is 0.00000392. The smallest absolute Gasteiger partial charge is 0.362 e. The van der Waals surface area contributed by atoms with Crippen LogP contribution in [0.25, 0.3) is 0 Å². The Labute approximate surface area is 167 Å². The predicted octanol–water partition coefficient (Wildman–Crippen LogP) is 3.20. The van der Waals surface area contributed by atoms with Crippen LogP contribution in [-0.4, -0.2) is 47.4 Å². The molecule has 1 aliphatic rings. The van der Waals surface area contributed by atoms with Gasteiger partial charge in [-0.3, -0.25) is 14.9 Å². The summed E-state index contributed by atoms with van der Waals surface area (Å²) in [6.07, 6.45) is -3.36. The Morgan fingerprint density at radius 1 is 1.25 bits per heavy atom. The molecule has 28 heavy (non-hydrogen) atoms. The lowest BCUT2D eigenvalue weighted by atomic mass is 9.95. The molecule has 0 saturated carbocycles. The summed E-state index contributed by atoms with van der Waals surface area (Å²) in [7, 11) is 0. The van der Waals surface area contributed by atoms with E-state index in [1.165, 1.54) is 0 Å². The Morgan fingerprint density at radius 2 is 1.82 bits per heavy atom. The molecule has 2 N–H and O–H groups in total. The van der Waals surface area contributed by atoms with Gasteiger partial charge in [0.25, 0.3) is 5.69 Å². The van der Waals surface area contributed by atoms with Gasteiger partial charge < -0.3 is 15.5 Å². The number of nitro benzene ring substituents is 1. The van der Waals surface area contributed by atoms with E-state index in [2.05, 4.69) is 0 Å². The number of alkyl halides is 3. The molecule has 158 valence electrons. The standard InChI is InChI=1S/C17H23F3N4O3.ClH/c1-3-6-16(2,21)15(25)23-9-7-22(8-10-23)13-5-4-12(17(18,19)20)11-14(13)24(26)27;/h4-5,11H,3,6-10,21H2,1-2H3;1H. The number of carbonyl (C=O) groups excluding carboxylic acids is 1. The van der Waals surface area contributed by atoms with Gasteiger partial charge >= 0.3 is 6.18 Å². The van der Waals surface area contributed by atoms with Crippen molar-refractivity contribution in [2.45, 2.75) is 38.4 Å². The summed E-state index contributed by atoms with van der Waals surface area (Å²) < 4.78 is 38.5. The minimum Gasteiger partial charge on any atom is -0.362 e. The van der Waals surface area contributed by atoms with Crippen molar-refractivity contribution < 1.29 is 22.9 Å². The maximum atomic E-state index is 12.8. The third-order valence-electron chi connectivity index (χ3n) is 4.66. The molecule has 0 bridgehead atoms. The number of halogens is 4. The Bertz CT molecular complexity index is 720. The van der Waals surface area contributed by atoms with Crippen molar-refractivity contribution >= 4 is 29.7 Å². The number of carbonyl (C=O) groups is 1. The Hall–Kier alpha value is -2.07. The van der Waals surface area contributed by atoms with Crippen molar-refractivity contribution in [3.8, 4) is 0 Å². The third kappa shape index (κ3) is 5.26. The van der Waals surface area contributed by atoms with Gasteiger partial charge in [0.2, 0.25) is 5.91 Å². The maximum Gasteiger partial charge on any atom is 0.416 e. The van der Waals surface area contributed by atoms with Gasteiger partial charge in [0.15, 0.2) is 0 Å². The topological polar surface area (TPSA) is 92.7 Å². The van der Waals surface area contributed by atoms with E-state index in [9.17, 15) is 28.1 Å². The van der Waals surface area contributed by atoms with Gasteiger partial charge in [-0.15, -0.1) is 12.4 Å². The zero-order chi connectivity index (χ0) is 20.4. The second-order valence-corrected chi connectivity index (χ2v) is 6.91. The number of hydrogen-bond acceptors (Lipinski definition) is 5. The maximum absolute atomic E-state index is 12.8. The van der Waals surface area contributed by atoms with Crippen molar-refractivity contribution in [2.75, 3.05) is 31.1 Å². The minimum atomic E-state index is -4.65. The highest BCUT2D eigenvalue weighted by Gasteiger charge is 2.36. The van der Waals surface area contributed by atoms with Crippen LogP contribution in [0, 0.1) is 10.1 Å². The lowest BCUT2D eigenvalue weighted by Crippen LogP contribution is -2.58. The number of piperazine rings is 1. The van der Waals surface area contributed by atoms with Gasteiger partial charge in [-0.25, -0.2) is 0 Å². The summed E-state index contributed by atoms with van der Waals surface area (Å²) in [5, 5.41) is 11.3. The van der Waals surface area contributed by atoms with E-state index in [-0.39, 0.29) is 37.1 Å². The van der Waals surface area contributed by atoms with Crippen LogP contribution in [0.5, 0.6) is 0 Å². The Morgan fingerprint density at radius 3 is 2.29 bits per heavy atom. The molecule has 7 nitrogen and oxygen atoms in total. The number of nitrogens with zero attached hydrogens (tertiary/aromatic N) is 3. The normalized spacial score (nSPS) is 16.9. The minimum absolute atomic E-state index is 0. The molecular formula is C17H24ClF3N4O3. The molecule has 0 aromatic heterocycles. The lowest BCUT2D eigenvalue weighted by Gasteiger charge is -2.39. The molecule has 0 radical (unpaired) electrons. The van der Waals surface area contributed by atoms with E-state index in [4.69, 9.17) is 5.73 Å². The van der Waals surface area contributed by atoms with Crippen LogP contribution in [-0.2, 0) is 11.0 Å². The number of nitro groups is 1. The molecule has 11 heteroatoms. The van der Waals surface area contributed by atoms with E-state index < -0.39 is 27.9 Å². The fourth-order valence-electron chi connectivity index (χ4n) is 3.25. The van der Waals surface area contributed by atoms with Crippen LogP contribution in [0.2, 0.25) is 0 Å². The van der Waals surface area contributed by atoms with Gasteiger partial charge in [-0.2, -0.15) is 13.2 Å². The monoisotopic (exact) mass is 424 g/mol. The van der Waals surface area contributed by atoms with Crippen LogP contribution < -0.4 is 10.6 Å². The molecule has 1 fully saturated rings. The first-order valence-electron chi connectivity index (χ1n) is 8.66. The number of anilines is 1. The summed E-state index contributed by atoms with van der Waals surface area (Å²) in [5.74, 6) is -0.189. The SMILES string of the molecule is CCCC(C)(N)C(=O)N1CCN(c2ccc(C(F)(F)F)cc2[N+](=O)[O-])CC1.Cl. The number of amides is 1. The van der Waals surface area contributed by atoms with Crippen LogP contribution in [0.4, 0.5) is 24.5 Å². The van der Waals surface area contributed by atoms with Gasteiger partial charge in [-0.05, 0) is 25.5 Å². The number of hydrogen-bond donors (Lipinski definition) is 1. The fourth-order valence-corrected chi connectivity index (χ4v) is 3.25. The molecule has 1 heterocycles. The first-order valence-corrected chi connectivity index (χ1v) is 8.66. The molecule has 1 aromatic carbocycles. The van der Waals surface area contributed by atoms with Gasteiger partial charge in [0, 0.05) is 32.2 Å². The van der Waals surface area contributed by atoms with Gasteiger partial charge in [-0.1, -0.05) is 13.3 Å². The highest BCUT2D eigenvalue weighted by Crippen LogP contribution is 2.36. The molecule has 0 aliphatic carbocycles. The largest absolute Gasteiger partial charge is 0.416 e. The summed E-state index contributed by atoms with van der Waals surface area (Å²) in [4.78, 5) is 26.2. The summed E-state index contributed by atoms with van der Waals surface area (Å²) in [5.41, 5.74) is 3.55. The Kier molecular flexibility index (Phi) is 7.66. The molecule has 2 rings (SSSR count). The van der Waals surface area contributed by atoms with Crippen molar-refractivity contribution in [3.05, 3.63) is 33.9 Å². The van der Waals surface area contributed by atoms with Crippen LogP contribution in [0.15, 0.2) is 18.2 Å². The quantitative estimate of drug-likeness (QED) is 0.578. The average Bonchev–Trinajstić information content (AvgIpc) is 2.60. The van der Waals surface area contributed by atoms with Gasteiger partial charge in [0.1, 0.15) is 5.69 Å². The summed E-state index contributed by atoms with van der Waals surface area (Å²) in [6, 6.07) is 2.49. The fraction of sp³-hybridized carbons (Fsp3) is 0.588. The highest BCUT2D eigenvalue weighted by atomic mass is 35.5. The molecule has 0 spiro atoms. The van der Waals surface area contributed by atoms with E-state index in [1.807, 2.05) is 6.92 Å². The number of rotatable bonds is 5. The molecule has 1 saturated heterocycles. The van der Waals surface area contributed by atoms with Crippen LogP contribution >= 0.6 is 12.4 Å². The number of nitrogens with two attached hydrogens (primary N) is 1. The molecular weight excluding hydrogens is 401 g/mol. The second kappa shape index (κ2) is 8.95. The first-order chi connectivity index (χ1) is 12.5. The zero-order valence-electron chi connectivity index (χ0n) is 15.7. The van der Waals surface area contributed by atoms with Crippen molar-refractivity contribution in [2.24, 2.45) is 5.73 Å². The highest BCUT2D eigenvalue weighted by molar-refractivity contribution is 5.86. The van der Waals surface area contributed by atoms with E-state index >= 15 is 0 Å². The molecule has 1 unspecified atom stereocenters. The summed E-state index contributed by atoms with van der Waals surface area (Å²) >= 11 is 0. The second-order valence-electron chi connectivity index (χ2n) is 6.91. The van der Waals surface area contributed by atoms with E-state index in [0.29, 0.717) is 25.6 Å². The van der Waals surface area contributed by atoms with Crippen LogP contribution in [0.1, 0.15) is 32.3 Å².